The standard InChI is InChI=1S/C18H27N3O2/c1-3-9-21(10-4-2)11-5-6-17(22)19-15-7-8-16-14(12-15)13-18(23)20-16/h7-8,12H,3-6,9-11,13H2,1-2H3,(H,19,22)(H,20,23). The quantitative estimate of drug-likeness (QED) is 0.736. The van der Waals surface area contributed by atoms with Crippen LogP contribution in [-0.4, -0.2) is 36.3 Å². The van der Waals surface area contributed by atoms with Crippen LogP contribution in [0.5, 0.6) is 0 Å². The maximum atomic E-state index is 12.1. The lowest BCUT2D eigenvalue weighted by Gasteiger charge is -2.20. The molecule has 0 unspecified atom stereocenters. The summed E-state index contributed by atoms with van der Waals surface area (Å²) in [6.07, 6.45) is 4.08. The third-order valence-electron chi connectivity index (χ3n) is 3.97. The molecular formula is C18H27N3O2. The molecule has 1 aliphatic rings. The number of nitrogens with one attached hydrogen (secondary N) is 2. The predicted molar refractivity (Wildman–Crippen MR) is 93.7 cm³/mol. The molecular weight excluding hydrogens is 290 g/mol. The summed E-state index contributed by atoms with van der Waals surface area (Å²) < 4.78 is 0. The van der Waals surface area contributed by atoms with E-state index in [1.165, 1.54) is 0 Å². The molecule has 2 amide bonds. The number of carbonyl (C=O) groups excluding carboxylic acids is 2. The number of hydrogen-bond donors (Lipinski definition) is 2. The lowest BCUT2D eigenvalue weighted by molar-refractivity contribution is -0.116. The molecule has 0 radical (unpaired) electrons. The zero-order chi connectivity index (χ0) is 16.7. The first-order valence-corrected chi connectivity index (χ1v) is 8.57. The van der Waals surface area contributed by atoms with Gasteiger partial charge in [0.05, 0.1) is 6.42 Å². The molecule has 1 aliphatic heterocycles. The zero-order valence-electron chi connectivity index (χ0n) is 14.2. The minimum absolute atomic E-state index is 0.00964. The van der Waals surface area contributed by atoms with Crippen molar-refractivity contribution >= 4 is 23.2 Å². The molecule has 0 saturated carbocycles. The molecule has 5 nitrogen and oxygen atoms in total. The van der Waals surface area contributed by atoms with Crippen LogP contribution < -0.4 is 10.6 Å². The minimum atomic E-state index is 0.00964. The Hall–Kier alpha value is -1.88. The summed E-state index contributed by atoms with van der Waals surface area (Å²) in [6.45, 7) is 7.53. The van der Waals surface area contributed by atoms with E-state index < -0.39 is 0 Å². The van der Waals surface area contributed by atoms with Crippen molar-refractivity contribution in [2.75, 3.05) is 30.3 Å². The highest BCUT2D eigenvalue weighted by atomic mass is 16.2. The summed E-state index contributed by atoms with van der Waals surface area (Å²) in [6, 6.07) is 5.56. The van der Waals surface area contributed by atoms with Crippen molar-refractivity contribution in [3.63, 3.8) is 0 Å². The largest absolute Gasteiger partial charge is 0.326 e. The second-order valence-corrected chi connectivity index (χ2v) is 6.09. The fourth-order valence-electron chi connectivity index (χ4n) is 2.96. The van der Waals surface area contributed by atoms with Crippen molar-refractivity contribution in [1.29, 1.82) is 0 Å². The van der Waals surface area contributed by atoms with E-state index >= 15 is 0 Å². The van der Waals surface area contributed by atoms with Crippen LogP contribution in [0.4, 0.5) is 11.4 Å². The average molecular weight is 317 g/mol. The molecule has 0 aliphatic carbocycles. The van der Waals surface area contributed by atoms with E-state index in [0.29, 0.717) is 12.8 Å². The molecule has 0 bridgehead atoms. The van der Waals surface area contributed by atoms with E-state index in [0.717, 1.165) is 55.8 Å². The number of fused-ring (bicyclic) bond motifs is 1. The zero-order valence-corrected chi connectivity index (χ0v) is 14.2. The number of nitrogens with zero attached hydrogens (tertiary/aromatic N) is 1. The maximum Gasteiger partial charge on any atom is 0.228 e. The average Bonchev–Trinajstić information content (AvgIpc) is 2.87. The molecule has 1 aromatic carbocycles. The van der Waals surface area contributed by atoms with Crippen LogP contribution in [0.2, 0.25) is 0 Å². The third kappa shape index (κ3) is 5.36. The molecule has 2 rings (SSSR count). The topological polar surface area (TPSA) is 61.4 Å². The molecule has 0 spiro atoms. The van der Waals surface area contributed by atoms with E-state index in [-0.39, 0.29) is 11.8 Å². The van der Waals surface area contributed by atoms with Crippen LogP contribution >= 0.6 is 0 Å². The molecule has 0 atom stereocenters. The summed E-state index contributed by atoms with van der Waals surface area (Å²) in [5.74, 6) is 0.0468. The number of rotatable bonds is 9. The number of carbonyl (C=O) groups is 2. The van der Waals surface area contributed by atoms with Gasteiger partial charge in [0.25, 0.3) is 0 Å². The van der Waals surface area contributed by atoms with Crippen LogP contribution in [0.25, 0.3) is 0 Å². The Morgan fingerprint density at radius 3 is 2.65 bits per heavy atom. The Bertz CT molecular complexity index is 551. The maximum absolute atomic E-state index is 12.1. The summed E-state index contributed by atoms with van der Waals surface area (Å²) >= 11 is 0. The Kier molecular flexibility index (Phi) is 6.59. The highest BCUT2D eigenvalue weighted by Gasteiger charge is 2.17. The number of amides is 2. The van der Waals surface area contributed by atoms with Crippen LogP contribution in [-0.2, 0) is 16.0 Å². The van der Waals surface area contributed by atoms with Gasteiger partial charge in [0, 0.05) is 17.8 Å². The number of benzene rings is 1. The molecule has 126 valence electrons. The van der Waals surface area contributed by atoms with Crippen molar-refractivity contribution in [2.45, 2.75) is 46.0 Å². The Morgan fingerprint density at radius 2 is 1.96 bits per heavy atom. The Labute approximate surface area is 138 Å². The molecule has 0 fully saturated rings. The van der Waals surface area contributed by atoms with Crippen LogP contribution in [0.3, 0.4) is 0 Å². The second kappa shape index (κ2) is 8.67. The van der Waals surface area contributed by atoms with Gasteiger partial charge in [-0.25, -0.2) is 0 Å². The molecule has 2 N–H and O–H groups in total. The third-order valence-corrected chi connectivity index (χ3v) is 3.97. The monoisotopic (exact) mass is 317 g/mol. The SMILES string of the molecule is CCCN(CCC)CCCC(=O)Nc1ccc2c(c1)CC(=O)N2. The van der Waals surface area contributed by atoms with Gasteiger partial charge in [-0.15, -0.1) is 0 Å². The van der Waals surface area contributed by atoms with Crippen LogP contribution in [0, 0.1) is 0 Å². The van der Waals surface area contributed by atoms with Gasteiger partial charge in [0.1, 0.15) is 0 Å². The van der Waals surface area contributed by atoms with Gasteiger partial charge >= 0.3 is 0 Å². The molecule has 1 heterocycles. The lowest BCUT2D eigenvalue weighted by atomic mass is 10.1. The van der Waals surface area contributed by atoms with Crippen molar-refractivity contribution < 1.29 is 9.59 Å². The van der Waals surface area contributed by atoms with E-state index in [2.05, 4.69) is 29.4 Å². The van der Waals surface area contributed by atoms with E-state index in [1.54, 1.807) is 0 Å². The van der Waals surface area contributed by atoms with Gasteiger partial charge in [-0.05, 0) is 62.7 Å². The summed E-state index contributed by atoms with van der Waals surface area (Å²) in [5, 5.41) is 5.72. The fourth-order valence-corrected chi connectivity index (χ4v) is 2.96. The molecule has 23 heavy (non-hydrogen) atoms. The minimum Gasteiger partial charge on any atom is -0.326 e. The van der Waals surface area contributed by atoms with Crippen molar-refractivity contribution in [1.82, 2.24) is 4.90 Å². The predicted octanol–water partition coefficient (Wildman–Crippen LogP) is 3.02. The Balaban J connectivity index is 1.77. The van der Waals surface area contributed by atoms with Crippen molar-refractivity contribution in [3.05, 3.63) is 23.8 Å². The summed E-state index contributed by atoms with van der Waals surface area (Å²) in [5.41, 5.74) is 2.57. The van der Waals surface area contributed by atoms with Crippen LogP contribution in [0.1, 0.15) is 45.1 Å². The summed E-state index contributed by atoms with van der Waals surface area (Å²) in [4.78, 5) is 25.8. The van der Waals surface area contributed by atoms with Gasteiger partial charge in [-0.2, -0.15) is 0 Å². The molecule has 0 saturated heterocycles. The van der Waals surface area contributed by atoms with E-state index in [4.69, 9.17) is 0 Å². The normalized spacial score (nSPS) is 13.1. The fraction of sp³-hybridized carbons (Fsp3) is 0.556. The molecule has 5 heteroatoms. The molecule has 1 aromatic rings. The van der Waals surface area contributed by atoms with Crippen LogP contribution in [0.15, 0.2) is 18.2 Å². The second-order valence-electron chi connectivity index (χ2n) is 6.09. The van der Waals surface area contributed by atoms with Gasteiger partial charge in [0.2, 0.25) is 11.8 Å². The summed E-state index contributed by atoms with van der Waals surface area (Å²) in [7, 11) is 0. The van der Waals surface area contributed by atoms with E-state index in [1.807, 2.05) is 18.2 Å². The number of anilines is 2. The van der Waals surface area contributed by atoms with Gasteiger partial charge in [-0.1, -0.05) is 13.8 Å². The highest BCUT2D eigenvalue weighted by Crippen LogP contribution is 2.26. The lowest BCUT2D eigenvalue weighted by Crippen LogP contribution is -2.27. The van der Waals surface area contributed by atoms with Crippen molar-refractivity contribution in [3.8, 4) is 0 Å². The number of hydrogen-bond acceptors (Lipinski definition) is 3. The highest BCUT2D eigenvalue weighted by molar-refractivity contribution is 6.00. The van der Waals surface area contributed by atoms with Gasteiger partial charge in [0.15, 0.2) is 0 Å². The first-order valence-electron chi connectivity index (χ1n) is 8.57. The first-order chi connectivity index (χ1) is 11.1. The van der Waals surface area contributed by atoms with Gasteiger partial charge in [-0.3, -0.25) is 9.59 Å². The van der Waals surface area contributed by atoms with Crippen molar-refractivity contribution in [2.24, 2.45) is 0 Å². The smallest absolute Gasteiger partial charge is 0.228 e. The Morgan fingerprint density at radius 1 is 1.22 bits per heavy atom. The van der Waals surface area contributed by atoms with E-state index in [9.17, 15) is 9.59 Å². The molecule has 0 aromatic heterocycles. The van der Waals surface area contributed by atoms with Gasteiger partial charge < -0.3 is 15.5 Å². The first kappa shape index (κ1) is 17.5.